The Morgan fingerprint density at radius 2 is 1.50 bits per heavy atom. The highest BCUT2D eigenvalue weighted by atomic mass is 35.5. The Labute approximate surface area is 246 Å². The van der Waals surface area contributed by atoms with Gasteiger partial charge in [0.1, 0.15) is 40.1 Å². The summed E-state index contributed by atoms with van der Waals surface area (Å²) < 4.78 is 49.1. The Hall–Kier alpha value is -4.47. The first-order valence-electron chi connectivity index (χ1n) is 12.7. The summed E-state index contributed by atoms with van der Waals surface area (Å²) in [7, 11) is 1.85. The minimum absolute atomic E-state index is 0. The van der Waals surface area contributed by atoms with Gasteiger partial charge in [-0.2, -0.15) is 13.2 Å². The summed E-state index contributed by atoms with van der Waals surface area (Å²) in [6, 6.07) is 27.3. The van der Waals surface area contributed by atoms with Crippen LogP contribution in [-0.2, 0) is 6.18 Å². The highest BCUT2D eigenvalue weighted by Gasteiger charge is 2.30. The minimum Gasteiger partial charge on any atom is -0.508 e. The van der Waals surface area contributed by atoms with E-state index in [0.717, 1.165) is 42.3 Å². The zero-order valence-corrected chi connectivity index (χ0v) is 23.3. The summed E-state index contributed by atoms with van der Waals surface area (Å²) in [6.07, 6.45) is -3.81. The van der Waals surface area contributed by atoms with Crippen molar-refractivity contribution in [2.75, 3.05) is 13.6 Å². The fraction of sp³-hybridized carbons (Fsp3) is 0.156. The number of rotatable bonds is 7. The molecule has 0 fully saturated rings. The SMILES string of the molecule is CNCCC(Oc1ccc(C(F)(F)F)cc1)c1ccccc1.Cl.O=c1cc(-c2ccccc2)oc2cc(O)cc(O)c12. The van der Waals surface area contributed by atoms with Gasteiger partial charge in [0, 0.05) is 30.2 Å². The summed E-state index contributed by atoms with van der Waals surface area (Å²) in [5.74, 6) is 0.378. The topological polar surface area (TPSA) is 91.9 Å². The molecule has 0 spiro atoms. The monoisotopic (exact) mass is 599 g/mol. The van der Waals surface area contributed by atoms with Crippen LogP contribution in [-0.4, -0.2) is 23.8 Å². The largest absolute Gasteiger partial charge is 0.508 e. The fourth-order valence-corrected chi connectivity index (χ4v) is 4.12. The second kappa shape index (κ2) is 14.4. The molecule has 0 radical (unpaired) electrons. The van der Waals surface area contributed by atoms with Crippen LogP contribution in [0.4, 0.5) is 13.2 Å². The van der Waals surface area contributed by atoms with Crippen molar-refractivity contribution in [3.05, 3.63) is 124 Å². The van der Waals surface area contributed by atoms with Crippen LogP contribution in [0.2, 0.25) is 0 Å². The van der Waals surface area contributed by atoms with E-state index in [1.807, 2.05) is 67.7 Å². The Balaban J connectivity index is 0.000000227. The van der Waals surface area contributed by atoms with Crippen molar-refractivity contribution >= 4 is 23.4 Å². The van der Waals surface area contributed by atoms with Gasteiger partial charge in [-0.05, 0) is 43.4 Å². The molecule has 5 rings (SSSR count). The molecule has 0 saturated carbocycles. The van der Waals surface area contributed by atoms with Gasteiger partial charge in [0.2, 0.25) is 0 Å². The van der Waals surface area contributed by atoms with E-state index in [1.54, 1.807) is 0 Å². The second-order valence-corrected chi connectivity index (χ2v) is 9.11. The molecule has 0 saturated heterocycles. The number of aromatic hydroxyl groups is 2. The van der Waals surface area contributed by atoms with Gasteiger partial charge in [0.25, 0.3) is 0 Å². The maximum atomic E-state index is 12.6. The van der Waals surface area contributed by atoms with Crippen LogP contribution < -0.4 is 15.5 Å². The van der Waals surface area contributed by atoms with E-state index in [0.29, 0.717) is 11.5 Å². The molecule has 6 nitrogen and oxygen atoms in total. The number of phenols is 2. The van der Waals surface area contributed by atoms with Gasteiger partial charge in [-0.15, -0.1) is 12.4 Å². The van der Waals surface area contributed by atoms with Crippen LogP contribution in [0.3, 0.4) is 0 Å². The van der Waals surface area contributed by atoms with Crippen LogP contribution >= 0.6 is 12.4 Å². The van der Waals surface area contributed by atoms with Crippen molar-refractivity contribution in [1.29, 1.82) is 0 Å². The molecule has 5 aromatic rings. The molecule has 0 aliphatic carbocycles. The van der Waals surface area contributed by atoms with Gasteiger partial charge < -0.3 is 24.7 Å². The summed E-state index contributed by atoms with van der Waals surface area (Å²) in [5, 5.41) is 22.2. The number of benzene rings is 4. The first-order valence-corrected chi connectivity index (χ1v) is 12.7. The first-order chi connectivity index (χ1) is 19.7. The molecule has 1 heterocycles. The lowest BCUT2D eigenvalue weighted by atomic mass is 10.1. The van der Waals surface area contributed by atoms with Gasteiger partial charge in [0.05, 0.1) is 5.56 Å². The number of hydrogen-bond acceptors (Lipinski definition) is 6. The Morgan fingerprint density at radius 3 is 2.10 bits per heavy atom. The number of ether oxygens (including phenoxy) is 1. The van der Waals surface area contributed by atoms with E-state index < -0.39 is 11.7 Å². The molecule has 220 valence electrons. The molecule has 0 bridgehead atoms. The van der Waals surface area contributed by atoms with Gasteiger partial charge >= 0.3 is 6.18 Å². The fourth-order valence-electron chi connectivity index (χ4n) is 4.12. The van der Waals surface area contributed by atoms with E-state index in [1.165, 1.54) is 24.3 Å². The van der Waals surface area contributed by atoms with E-state index in [4.69, 9.17) is 9.15 Å². The number of fused-ring (bicyclic) bond motifs is 1. The Morgan fingerprint density at radius 1 is 0.881 bits per heavy atom. The summed E-state index contributed by atoms with van der Waals surface area (Å²) in [4.78, 5) is 12.0. The predicted molar refractivity (Wildman–Crippen MR) is 158 cm³/mol. The van der Waals surface area contributed by atoms with Crippen LogP contribution in [0.15, 0.2) is 112 Å². The third kappa shape index (κ3) is 8.28. The molecule has 0 aliphatic rings. The molecule has 3 N–H and O–H groups in total. The van der Waals surface area contributed by atoms with E-state index in [9.17, 15) is 28.2 Å². The van der Waals surface area contributed by atoms with Gasteiger partial charge in [0.15, 0.2) is 5.43 Å². The van der Waals surface area contributed by atoms with Crippen LogP contribution in [0.25, 0.3) is 22.3 Å². The zero-order chi connectivity index (χ0) is 29.4. The lowest BCUT2D eigenvalue weighted by Gasteiger charge is -2.20. The highest BCUT2D eigenvalue weighted by molar-refractivity contribution is 5.86. The maximum Gasteiger partial charge on any atom is 0.416 e. The van der Waals surface area contributed by atoms with E-state index in [2.05, 4.69) is 5.32 Å². The van der Waals surface area contributed by atoms with Crippen molar-refractivity contribution in [3.63, 3.8) is 0 Å². The molecule has 1 aromatic heterocycles. The molecule has 42 heavy (non-hydrogen) atoms. The van der Waals surface area contributed by atoms with Gasteiger partial charge in [-0.1, -0.05) is 60.7 Å². The third-order valence-corrected chi connectivity index (χ3v) is 6.14. The number of alkyl halides is 3. The van der Waals surface area contributed by atoms with E-state index >= 15 is 0 Å². The molecular weight excluding hydrogens is 571 g/mol. The van der Waals surface area contributed by atoms with Crippen molar-refractivity contribution < 1.29 is 32.5 Å². The van der Waals surface area contributed by atoms with Crippen molar-refractivity contribution in [1.82, 2.24) is 5.32 Å². The number of nitrogens with one attached hydrogen (secondary N) is 1. The minimum atomic E-state index is -4.33. The maximum absolute atomic E-state index is 12.6. The normalized spacial score (nSPS) is 11.6. The third-order valence-electron chi connectivity index (χ3n) is 6.14. The number of halogens is 4. The molecule has 1 unspecified atom stereocenters. The van der Waals surface area contributed by atoms with Gasteiger partial charge in [-0.3, -0.25) is 4.79 Å². The average Bonchev–Trinajstić information content (AvgIpc) is 2.95. The molecule has 10 heteroatoms. The van der Waals surface area contributed by atoms with Gasteiger partial charge in [-0.25, -0.2) is 0 Å². The molecule has 0 amide bonds. The predicted octanol–water partition coefficient (Wildman–Crippen LogP) is 7.73. The Bertz CT molecular complexity index is 1630. The summed E-state index contributed by atoms with van der Waals surface area (Å²) >= 11 is 0. The quantitative estimate of drug-likeness (QED) is 0.177. The van der Waals surface area contributed by atoms with Crippen molar-refractivity contribution in [2.45, 2.75) is 18.7 Å². The lowest BCUT2D eigenvalue weighted by molar-refractivity contribution is -0.137. The van der Waals surface area contributed by atoms with Crippen LogP contribution in [0.5, 0.6) is 17.2 Å². The molecule has 4 aromatic carbocycles. The van der Waals surface area contributed by atoms with E-state index in [-0.39, 0.29) is 46.4 Å². The lowest BCUT2D eigenvalue weighted by Crippen LogP contribution is -2.16. The van der Waals surface area contributed by atoms with Crippen molar-refractivity contribution in [3.8, 4) is 28.6 Å². The molecular formula is C32H29ClF3NO5. The second-order valence-electron chi connectivity index (χ2n) is 9.11. The number of hydrogen-bond donors (Lipinski definition) is 3. The molecule has 0 aliphatic heterocycles. The smallest absolute Gasteiger partial charge is 0.416 e. The summed E-state index contributed by atoms with van der Waals surface area (Å²) in [6.45, 7) is 0.750. The Kier molecular flexibility index (Phi) is 11.0. The van der Waals surface area contributed by atoms with Crippen LogP contribution in [0.1, 0.15) is 23.7 Å². The average molecular weight is 600 g/mol. The molecule has 1 atom stereocenters. The first kappa shape index (κ1) is 32.0. The van der Waals surface area contributed by atoms with Crippen molar-refractivity contribution in [2.24, 2.45) is 0 Å². The summed E-state index contributed by atoms with van der Waals surface area (Å²) in [5.41, 5.74) is 0.884. The number of phenolic OH excluding ortho intramolecular Hbond substituents is 2. The zero-order valence-electron chi connectivity index (χ0n) is 22.5. The highest BCUT2D eigenvalue weighted by Crippen LogP contribution is 2.32. The van der Waals surface area contributed by atoms with Crippen LogP contribution in [0, 0.1) is 0 Å². The standard InChI is InChI=1S/C17H18F3NO.C15H10O4.ClH/c1-21-12-11-16(13-5-3-2-4-6-13)22-15-9-7-14(8-10-15)17(18,19)20;16-10-6-11(17)15-12(18)8-13(19-14(15)7-10)9-4-2-1-3-5-9;/h2-10,16,21H,11-12H2,1H3;1-8,16-17H;1H.